The number of thiophene rings is 1. The van der Waals surface area contributed by atoms with Gasteiger partial charge >= 0.3 is 0 Å². The molecule has 0 saturated carbocycles. The van der Waals surface area contributed by atoms with E-state index in [2.05, 4.69) is 20.8 Å². The van der Waals surface area contributed by atoms with Crippen molar-refractivity contribution in [2.45, 2.75) is 0 Å². The van der Waals surface area contributed by atoms with E-state index in [4.69, 9.17) is 5.26 Å². The van der Waals surface area contributed by atoms with Gasteiger partial charge in [-0.15, -0.1) is 11.3 Å². The number of hydrogen-bond donors (Lipinski definition) is 3. The number of anilines is 2. The van der Waals surface area contributed by atoms with Crippen LogP contribution in [-0.4, -0.2) is 22.0 Å². The fraction of sp³-hybridized carbons (Fsp3) is 0. The van der Waals surface area contributed by atoms with Gasteiger partial charge in [0.1, 0.15) is 16.5 Å². The van der Waals surface area contributed by atoms with Crippen LogP contribution in [-0.2, 0) is 0 Å². The number of rotatable bonds is 4. The molecule has 0 unspecified atom stereocenters. The number of carbonyl (C=O) groups is 2. The van der Waals surface area contributed by atoms with Gasteiger partial charge in [-0.05, 0) is 54.6 Å². The number of H-pyrrole nitrogens is 1. The summed E-state index contributed by atoms with van der Waals surface area (Å²) in [5, 5.41) is 21.7. The number of nitrogens with one attached hydrogen (secondary N) is 3. The van der Waals surface area contributed by atoms with Crippen LogP contribution in [0.3, 0.4) is 0 Å². The van der Waals surface area contributed by atoms with Crippen molar-refractivity contribution in [3.8, 4) is 6.07 Å². The van der Waals surface area contributed by atoms with Crippen LogP contribution < -0.4 is 10.6 Å². The molecular formula is C20H12FN5O2S. The lowest BCUT2D eigenvalue weighted by atomic mass is 10.2. The highest BCUT2D eigenvalue weighted by molar-refractivity contribution is 7.20. The molecule has 2 heterocycles. The lowest BCUT2D eigenvalue weighted by molar-refractivity contribution is 0.102. The Morgan fingerprint density at radius 2 is 1.76 bits per heavy atom. The first kappa shape index (κ1) is 18.3. The van der Waals surface area contributed by atoms with Crippen LogP contribution in [0.4, 0.5) is 15.9 Å². The highest BCUT2D eigenvalue weighted by Gasteiger charge is 2.17. The number of nitrogens with zero attached hydrogens (tertiary/aromatic N) is 2. The minimum atomic E-state index is -0.429. The molecule has 4 aromatic rings. The highest BCUT2D eigenvalue weighted by Crippen LogP contribution is 2.30. The molecule has 0 saturated heterocycles. The maximum atomic E-state index is 13.0. The van der Waals surface area contributed by atoms with Crippen molar-refractivity contribution < 1.29 is 14.0 Å². The summed E-state index contributed by atoms with van der Waals surface area (Å²) >= 11 is 1.17. The van der Waals surface area contributed by atoms with Crippen molar-refractivity contribution in [1.82, 2.24) is 10.2 Å². The summed E-state index contributed by atoms with van der Waals surface area (Å²) in [6, 6.07) is 15.3. The molecule has 0 spiro atoms. The van der Waals surface area contributed by atoms with E-state index >= 15 is 0 Å². The Morgan fingerprint density at radius 1 is 1.03 bits per heavy atom. The van der Waals surface area contributed by atoms with Gasteiger partial charge in [0.15, 0.2) is 0 Å². The molecule has 0 atom stereocenters. The van der Waals surface area contributed by atoms with E-state index in [0.29, 0.717) is 37.7 Å². The Balaban J connectivity index is 1.52. The first-order valence-electron chi connectivity index (χ1n) is 8.40. The lowest BCUT2D eigenvalue weighted by Gasteiger charge is -2.03. The molecule has 0 aliphatic heterocycles. The monoisotopic (exact) mass is 405 g/mol. The minimum Gasteiger partial charge on any atom is -0.321 e. The predicted molar refractivity (Wildman–Crippen MR) is 107 cm³/mol. The van der Waals surface area contributed by atoms with Gasteiger partial charge in [-0.1, -0.05) is 0 Å². The third-order valence-corrected chi connectivity index (χ3v) is 5.12. The number of halogens is 1. The van der Waals surface area contributed by atoms with Gasteiger partial charge in [0.2, 0.25) is 0 Å². The molecule has 0 fully saturated rings. The van der Waals surface area contributed by atoms with Gasteiger partial charge in [-0.2, -0.15) is 10.4 Å². The van der Waals surface area contributed by atoms with Crippen LogP contribution in [0.25, 0.3) is 10.2 Å². The number of aromatic amines is 1. The van der Waals surface area contributed by atoms with Crippen molar-refractivity contribution in [3.05, 3.63) is 76.4 Å². The molecule has 0 radical (unpaired) electrons. The highest BCUT2D eigenvalue weighted by atomic mass is 32.1. The maximum absolute atomic E-state index is 13.0. The molecular weight excluding hydrogens is 393 g/mol. The number of hydrogen-bond acceptors (Lipinski definition) is 5. The summed E-state index contributed by atoms with van der Waals surface area (Å²) in [5.41, 5.74) is 1.36. The number of benzene rings is 2. The van der Waals surface area contributed by atoms with E-state index in [9.17, 15) is 14.0 Å². The van der Waals surface area contributed by atoms with Gasteiger partial charge in [0.05, 0.1) is 21.9 Å². The second-order valence-electron chi connectivity index (χ2n) is 6.03. The fourth-order valence-electron chi connectivity index (χ4n) is 2.63. The number of carbonyl (C=O) groups excluding carboxylic acids is 2. The average Bonchev–Trinajstić information content (AvgIpc) is 3.31. The molecule has 2 aromatic heterocycles. The molecule has 2 aromatic carbocycles. The van der Waals surface area contributed by atoms with Crippen molar-refractivity contribution in [1.29, 1.82) is 5.26 Å². The molecule has 4 rings (SSSR count). The zero-order chi connectivity index (χ0) is 20.4. The van der Waals surface area contributed by atoms with Crippen molar-refractivity contribution >= 4 is 44.9 Å². The molecule has 2 amide bonds. The van der Waals surface area contributed by atoms with E-state index in [-0.39, 0.29) is 5.91 Å². The summed E-state index contributed by atoms with van der Waals surface area (Å²) in [6.45, 7) is 0. The quantitative estimate of drug-likeness (QED) is 0.474. The first-order valence-corrected chi connectivity index (χ1v) is 9.21. The van der Waals surface area contributed by atoms with Gasteiger partial charge in [0, 0.05) is 11.3 Å². The van der Waals surface area contributed by atoms with Crippen LogP contribution in [0, 0.1) is 17.1 Å². The molecule has 0 aliphatic carbocycles. The molecule has 7 nitrogen and oxygen atoms in total. The standard InChI is InChI=1S/C20H12FN5O2S/c21-13-5-3-12(4-6-13)18(27)24-17-15-9-16(29-20(15)26-25-17)19(28)23-14-7-1-11(10-22)2-8-14/h1-9H,(H,23,28)(H2,24,25,26,27). The Hall–Kier alpha value is -4.03. The number of amides is 2. The molecule has 0 bridgehead atoms. The molecule has 29 heavy (non-hydrogen) atoms. The largest absolute Gasteiger partial charge is 0.321 e. The van der Waals surface area contributed by atoms with E-state index in [1.165, 1.54) is 35.6 Å². The predicted octanol–water partition coefficient (Wildman–Crippen LogP) is 4.14. The smallest absolute Gasteiger partial charge is 0.265 e. The zero-order valence-electron chi connectivity index (χ0n) is 14.7. The third-order valence-electron chi connectivity index (χ3n) is 4.09. The summed E-state index contributed by atoms with van der Waals surface area (Å²) < 4.78 is 13.0. The van der Waals surface area contributed by atoms with Crippen LogP contribution in [0.5, 0.6) is 0 Å². The number of nitriles is 1. The minimum absolute atomic E-state index is 0.295. The average molecular weight is 405 g/mol. The maximum Gasteiger partial charge on any atom is 0.265 e. The van der Waals surface area contributed by atoms with E-state index in [1.54, 1.807) is 30.3 Å². The lowest BCUT2D eigenvalue weighted by Crippen LogP contribution is -2.12. The van der Waals surface area contributed by atoms with Crippen LogP contribution in [0.2, 0.25) is 0 Å². The zero-order valence-corrected chi connectivity index (χ0v) is 15.5. The summed E-state index contributed by atoms with van der Waals surface area (Å²) in [7, 11) is 0. The van der Waals surface area contributed by atoms with Crippen LogP contribution in [0.15, 0.2) is 54.6 Å². The van der Waals surface area contributed by atoms with E-state index < -0.39 is 11.7 Å². The van der Waals surface area contributed by atoms with Crippen molar-refractivity contribution in [3.63, 3.8) is 0 Å². The topological polar surface area (TPSA) is 111 Å². The van der Waals surface area contributed by atoms with Gasteiger partial charge in [-0.3, -0.25) is 14.7 Å². The van der Waals surface area contributed by atoms with E-state index in [1.807, 2.05) is 6.07 Å². The molecule has 0 aliphatic rings. The summed E-state index contributed by atoms with van der Waals surface area (Å²) in [4.78, 5) is 25.8. The van der Waals surface area contributed by atoms with Crippen LogP contribution >= 0.6 is 11.3 Å². The van der Waals surface area contributed by atoms with Crippen LogP contribution in [0.1, 0.15) is 25.6 Å². The SMILES string of the molecule is N#Cc1ccc(NC(=O)c2cc3c(NC(=O)c4ccc(F)cc4)[nH]nc3s2)cc1. The van der Waals surface area contributed by atoms with Crippen molar-refractivity contribution in [2.24, 2.45) is 0 Å². The van der Waals surface area contributed by atoms with Crippen molar-refractivity contribution in [2.75, 3.05) is 10.6 Å². The Morgan fingerprint density at radius 3 is 2.45 bits per heavy atom. The summed E-state index contributed by atoms with van der Waals surface area (Å²) in [6.07, 6.45) is 0. The molecule has 9 heteroatoms. The summed E-state index contributed by atoms with van der Waals surface area (Å²) in [5.74, 6) is -0.830. The van der Waals surface area contributed by atoms with E-state index in [0.717, 1.165) is 0 Å². The second-order valence-corrected chi connectivity index (χ2v) is 7.06. The Bertz CT molecular complexity index is 1250. The van der Waals surface area contributed by atoms with Gasteiger partial charge in [0.25, 0.3) is 11.8 Å². The normalized spacial score (nSPS) is 10.5. The Kier molecular flexibility index (Phi) is 4.76. The Labute approximate surface area is 167 Å². The molecule has 3 N–H and O–H groups in total. The number of fused-ring (bicyclic) bond motifs is 1. The number of aromatic nitrogens is 2. The van der Waals surface area contributed by atoms with Gasteiger partial charge in [-0.25, -0.2) is 4.39 Å². The first-order chi connectivity index (χ1) is 14.0. The molecule has 142 valence electrons. The third kappa shape index (κ3) is 3.83. The fourth-order valence-corrected chi connectivity index (χ4v) is 3.52. The van der Waals surface area contributed by atoms with Gasteiger partial charge < -0.3 is 10.6 Å². The second kappa shape index (κ2) is 7.53.